The highest BCUT2D eigenvalue weighted by Gasteiger charge is 2.27. The maximum atomic E-state index is 13.3. The van der Waals surface area contributed by atoms with Crippen molar-refractivity contribution in [1.29, 1.82) is 0 Å². The van der Waals surface area contributed by atoms with Crippen LogP contribution in [0.2, 0.25) is 0 Å². The van der Waals surface area contributed by atoms with Gasteiger partial charge in [0.05, 0.1) is 17.3 Å². The quantitative estimate of drug-likeness (QED) is 0.390. The summed E-state index contributed by atoms with van der Waals surface area (Å²) < 4.78 is 3.62. The second-order valence-corrected chi connectivity index (χ2v) is 10.1. The van der Waals surface area contributed by atoms with Crippen molar-refractivity contribution in [3.05, 3.63) is 88.1 Å². The van der Waals surface area contributed by atoms with Crippen molar-refractivity contribution in [3.8, 4) is 5.69 Å². The number of carbonyl (C=O) groups is 1. The van der Waals surface area contributed by atoms with Gasteiger partial charge >= 0.3 is 0 Å². The predicted molar refractivity (Wildman–Crippen MR) is 149 cm³/mol. The number of para-hydroxylation sites is 1. The molecular formula is C30H35N5O2. The normalized spacial score (nSPS) is 15.9. The summed E-state index contributed by atoms with van der Waals surface area (Å²) in [5.41, 5.74) is 5.07. The van der Waals surface area contributed by atoms with Crippen molar-refractivity contribution >= 4 is 22.4 Å². The Morgan fingerprint density at radius 1 is 0.973 bits per heavy atom. The minimum Gasteiger partial charge on any atom is -0.365 e. The summed E-state index contributed by atoms with van der Waals surface area (Å²) in [6, 6.07) is 18.3. The molecule has 37 heavy (non-hydrogen) atoms. The van der Waals surface area contributed by atoms with Crippen LogP contribution in [0.25, 0.3) is 16.5 Å². The average Bonchev–Trinajstić information content (AvgIpc) is 3.14. The first-order chi connectivity index (χ1) is 17.8. The minimum absolute atomic E-state index is 0.111. The Morgan fingerprint density at radius 2 is 1.73 bits per heavy atom. The minimum atomic E-state index is -0.111. The Balaban J connectivity index is 1.25. The summed E-state index contributed by atoms with van der Waals surface area (Å²) in [6.45, 7) is 11.3. The number of benzene rings is 2. The molecule has 0 spiro atoms. The Kier molecular flexibility index (Phi) is 6.87. The van der Waals surface area contributed by atoms with Gasteiger partial charge in [-0.2, -0.15) is 9.78 Å². The number of hydrogen-bond donors (Lipinski definition) is 0. The molecule has 1 saturated heterocycles. The van der Waals surface area contributed by atoms with Gasteiger partial charge in [-0.3, -0.25) is 9.59 Å². The molecule has 0 unspecified atom stereocenters. The zero-order chi connectivity index (χ0) is 26.1. The molecule has 0 radical (unpaired) electrons. The van der Waals surface area contributed by atoms with Crippen molar-refractivity contribution < 1.29 is 4.79 Å². The summed E-state index contributed by atoms with van der Waals surface area (Å²) in [6.07, 6.45) is 3.01. The third kappa shape index (κ3) is 4.78. The van der Waals surface area contributed by atoms with Crippen LogP contribution in [0.5, 0.6) is 0 Å². The van der Waals surface area contributed by atoms with Crippen LogP contribution in [-0.2, 0) is 11.3 Å². The van der Waals surface area contributed by atoms with Gasteiger partial charge < -0.3 is 14.4 Å². The lowest BCUT2D eigenvalue weighted by molar-refractivity contribution is -0.132. The molecule has 1 aliphatic rings. The van der Waals surface area contributed by atoms with E-state index in [9.17, 15) is 9.59 Å². The Hall–Kier alpha value is -3.87. The molecule has 4 aromatic rings. The van der Waals surface area contributed by atoms with Gasteiger partial charge in [-0.25, -0.2) is 0 Å². The standard InChI is InChI=1S/C30H35N5O2/c1-21-10-8-13-26(18-21)33-17-16-32(20-22(33)2)28(36)14-9-15-34-23(3)27-19-31-35(25-11-6-5-7-12-25)30(37)29(27)24(34)4/h5-8,10-13,18-19,22H,9,14-17,20H2,1-4H3/t22-/m0/s1. The third-order valence-corrected chi connectivity index (χ3v) is 7.63. The van der Waals surface area contributed by atoms with E-state index in [1.807, 2.05) is 49.1 Å². The second-order valence-electron chi connectivity index (χ2n) is 10.1. The van der Waals surface area contributed by atoms with Crippen LogP contribution < -0.4 is 10.5 Å². The van der Waals surface area contributed by atoms with E-state index in [2.05, 4.69) is 52.7 Å². The molecule has 3 heterocycles. The van der Waals surface area contributed by atoms with Gasteiger partial charge in [0, 0.05) is 61.1 Å². The van der Waals surface area contributed by atoms with Crippen molar-refractivity contribution in [1.82, 2.24) is 19.2 Å². The van der Waals surface area contributed by atoms with Gasteiger partial charge in [0.1, 0.15) is 0 Å². The highest BCUT2D eigenvalue weighted by molar-refractivity contribution is 5.87. The lowest BCUT2D eigenvalue weighted by Gasteiger charge is -2.41. The van der Waals surface area contributed by atoms with E-state index < -0.39 is 0 Å². The van der Waals surface area contributed by atoms with E-state index in [0.717, 1.165) is 48.5 Å². The fourth-order valence-electron chi connectivity index (χ4n) is 5.62. The maximum absolute atomic E-state index is 13.3. The monoisotopic (exact) mass is 497 g/mol. The van der Waals surface area contributed by atoms with Gasteiger partial charge in [0.2, 0.25) is 5.91 Å². The lowest BCUT2D eigenvalue weighted by Crippen LogP contribution is -2.53. The summed E-state index contributed by atoms with van der Waals surface area (Å²) in [4.78, 5) is 30.8. The van der Waals surface area contributed by atoms with Crippen LogP contribution in [0.3, 0.4) is 0 Å². The van der Waals surface area contributed by atoms with E-state index in [1.54, 1.807) is 6.20 Å². The molecule has 5 rings (SSSR count). The zero-order valence-electron chi connectivity index (χ0n) is 22.1. The van der Waals surface area contributed by atoms with E-state index in [-0.39, 0.29) is 17.5 Å². The van der Waals surface area contributed by atoms with Gasteiger partial charge in [-0.1, -0.05) is 30.3 Å². The predicted octanol–water partition coefficient (Wildman–Crippen LogP) is 4.63. The second kappa shape index (κ2) is 10.2. The number of aromatic nitrogens is 3. The number of rotatable bonds is 6. The highest BCUT2D eigenvalue weighted by atomic mass is 16.2. The molecule has 1 atom stereocenters. The molecule has 1 amide bonds. The molecule has 0 bridgehead atoms. The van der Waals surface area contributed by atoms with Gasteiger partial charge in [-0.15, -0.1) is 0 Å². The molecule has 7 heteroatoms. The first-order valence-corrected chi connectivity index (χ1v) is 13.1. The number of nitrogens with zero attached hydrogens (tertiary/aromatic N) is 5. The molecule has 0 saturated carbocycles. The largest absolute Gasteiger partial charge is 0.365 e. The molecule has 0 N–H and O–H groups in total. The van der Waals surface area contributed by atoms with Crippen molar-refractivity contribution in [2.45, 2.75) is 53.1 Å². The van der Waals surface area contributed by atoms with Crippen LogP contribution >= 0.6 is 0 Å². The molecule has 2 aromatic carbocycles. The Bertz CT molecular complexity index is 1490. The van der Waals surface area contributed by atoms with Crippen LogP contribution in [0, 0.1) is 20.8 Å². The van der Waals surface area contributed by atoms with Gasteiger partial charge in [0.25, 0.3) is 5.56 Å². The SMILES string of the molecule is Cc1cccc(N2CCN(C(=O)CCCn3c(C)c4cnn(-c5ccccc5)c(=O)c4c3C)C[C@@H]2C)c1. The lowest BCUT2D eigenvalue weighted by atomic mass is 10.1. The fourth-order valence-corrected chi connectivity index (χ4v) is 5.62. The number of carbonyl (C=O) groups excluding carboxylic acids is 1. The smallest absolute Gasteiger partial charge is 0.281 e. The number of fused-ring (bicyclic) bond motifs is 1. The molecule has 1 aliphatic heterocycles. The molecule has 7 nitrogen and oxygen atoms in total. The van der Waals surface area contributed by atoms with Gasteiger partial charge in [-0.05, 0) is 63.9 Å². The first-order valence-electron chi connectivity index (χ1n) is 13.1. The Morgan fingerprint density at radius 3 is 2.46 bits per heavy atom. The summed E-state index contributed by atoms with van der Waals surface area (Å²) >= 11 is 0. The molecule has 2 aromatic heterocycles. The number of piperazine rings is 1. The van der Waals surface area contributed by atoms with Crippen molar-refractivity contribution in [2.24, 2.45) is 0 Å². The first kappa shape index (κ1) is 24.8. The average molecular weight is 498 g/mol. The summed E-state index contributed by atoms with van der Waals surface area (Å²) in [7, 11) is 0. The Labute approximate surface area is 217 Å². The molecule has 192 valence electrons. The third-order valence-electron chi connectivity index (χ3n) is 7.63. The van der Waals surface area contributed by atoms with Crippen molar-refractivity contribution in [2.75, 3.05) is 24.5 Å². The van der Waals surface area contributed by atoms with E-state index in [0.29, 0.717) is 18.4 Å². The number of amides is 1. The number of hydrogen-bond acceptors (Lipinski definition) is 4. The van der Waals surface area contributed by atoms with Crippen LogP contribution in [0.4, 0.5) is 5.69 Å². The van der Waals surface area contributed by atoms with E-state index in [1.165, 1.54) is 15.9 Å². The topological polar surface area (TPSA) is 63.4 Å². The summed E-state index contributed by atoms with van der Waals surface area (Å²) in [5.74, 6) is 0.204. The zero-order valence-corrected chi connectivity index (χ0v) is 22.1. The highest BCUT2D eigenvalue weighted by Crippen LogP contribution is 2.24. The number of aryl methyl sites for hydroxylation is 3. The van der Waals surface area contributed by atoms with Crippen LogP contribution in [0.15, 0.2) is 65.6 Å². The van der Waals surface area contributed by atoms with E-state index in [4.69, 9.17) is 0 Å². The molecule has 0 aliphatic carbocycles. The van der Waals surface area contributed by atoms with Crippen molar-refractivity contribution in [3.63, 3.8) is 0 Å². The van der Waals surface area contributed by atoms with Crippen LogP contribution in [0.1, 0.15) is 36.7 Å². The van der Waals surface area contributed by atoms with E-state index >= 15 is 0 Å². The number of anilines is 1. The summed E-state index contributed by atoms with van der Waals surface area (Å²) in [5, 5.41) is 6.00. The fraction of sp³-hybridized carbons (Fsp3) is 0.367. The molecule has 1 fully saturated rings. The van der Waals surface area contributed by atoms with Gasteiger partial charge in [0.15, 0.2) is 0 Å². The molecular weight excluding hydrogens is 462 g/mol. The van der Waals surface area contributed by atoms with Crippen LogP contribution in [-0.4, -0.2) is 50.8 Å². The maximum Gasteiger partial charge on any atom is 0.281 e.